The van der Waals surface area contributed by atoms with Gasteiger partial charge < -0.3 is 10.2 Å². The number of ketones is 1. The Bertz CT molecular complexity index is 176. The van der Waals surface area contributed by atoms with Gasteiger partial charge in [-0.2, -0.15) is 0 Å². The summed E-state index contributed by atoms with van der Waals surface area (Å²) >= 11 is 0. The number of carboxylic acid groups (broad SMARTS) is 1. The molecule has 4 heteroatoms. The van der Waals surface area contributed by atoms with E-state index < -0.39 is 30.2 Å². The van der Waals surface area contributed by atoms with Gasteiger partial charge in [-0.05, 0) is 6.42 Å². The van der Waals surface area contributed by atoms with Crippen LogP contribution in [0.1, 0.15) is 26.7 Å². The fraction of sp³-hybridized carbons (Fsp3) is 0.750. The second-order valence-corrected chi connectivity index (χ2v) is 2.80. The van der Waals surface area contributed by atoms with E-state index in [-0.39, 0.29) is 0 Å². The first-order chi connectivity index (χ1) is 5.49. The molecule has 12 heavy (non-hydrogen) atoms. The van der Waals surface area contributed by atoms with Crippen molar-refractivity contribution in [1.29, 1.82) is 0 Å². The molecule has 0 fully saturated rings. The van der Waals surface area contributed by atoms with Crippen LogP contribution in [0.4, 0.5) is 0 Å². The second kappa shape index (κ2) is 4.87. The molecule has 0 spiro atoms. The minimum Gasteiger partial charge on any atom is -0.481 e. The average Bonchev–Trinajstić information content (AvgIpc) is 2.00. The highest BCUT2D eigenvalue weighted by molar-refractivity contribution is 5.96. The van der Waals surface area contributed by atoms with Gasteiger partial charge in [-0.15, -0.1) is 0 Å². The van der Waals surface area contributed by atoms with Gasteiger partial charge in [0.05, 0.1) is 6.10 Å². The SMILES string of the molecule is CCC(O)C(C)C(=O)CC(=O)O. The van der Waals surface area contributed by atoms with Crippen molar-refractivity contribution < 1.29 is 19.8 Å². The third kappa shape index (κ3) is 3.48. The van der Waals surface area contributed by atoms with E-state index in [1.807, 2.05) is 0 Å². The van der Waals surface area contributed by atoms with E-state index in [2.05, 4.69) is 0 Å². The molecule has 0 radical (unpaired) electrons. The van der Waals surface area contributed by atoms with Crippen molar-refractivity contribution in [3.05, 3.63) is 0 Å². The molecule has 2 atom stereocenters. The maximum Gasteiger partial charge on any atom is 0.310 e. The van der Waals surface area contributed by atoms with E-state index in [0.29, 0.717) is 6.42 Å². The smallest absolute Gasteiger partial charge is 0.310 e. The summed E-state index contributed by atoms with van der Waals surface area (Å²) in [6.07, 6.45) is -0.762. The zero-order chi connectivity index (χ0) is 9.72. The Morgan fingerprint density at radius 1 is 1.42 bits per heavy atom. The summed E-state index contributed by atoms with van der Waals surface area (Å²) in [7, 11) is 0. The van der Waals surface area contributed by atoms with E-state index in [1.165, 1.54) is 0 Å². The highest BCUT2D eigenvalue weighted by atomic mass is 16.4. The lowest BCUT2D eigenvalue weighted by molar-refractivity contribution is -0.141. The van der Waals surface area contributed by atoms with Crippen molar-refractivity contribution >= 4 is 11.8 Å². The van der Waals surface area contributed by atoms with E-state index >= 15 is 0 Å². The summed E-state index contributed by atoms with van der Waals surface area (Å²) in [5, 5.41) is 17.5. The third-order valence-corrected chi connectivity index (χ3v) is 1.83. The largest absolute Gasteiger partial charge is 0.481 e. The Kier molecular flexibility index (Phi) is 4.51. The molecular formula is C8H14O4. The third-order valence-electron chi connectivity index (χ3n) is 1.83. The summed E-state index contributed by atoms with van der Waals surface area (Å²) in [4.78, 5) is 21.1. The predicted octanol–water partition coefficient (Wildman–Crippen LogP) is 0.437. The zero-order valence-corrected chi connectivity index (χ0v) is 7.28. The van der Waals surface area contributed by atoms with Crippen molar-refractivity contribution in [2.75, 3.05) is 0 Å². The van der Waals surface area contributed by atoms with Crippen molar-refractivity contribution in [2.24, 2.45) is 5.92 Å². The number of aliphatic hydroxyl groups is 1. The normalized spacial score (nSPS) is 15.2. The first-order valence-electron chi connectivity index (χ1n) is 3.91. The van der Waals surface area contributed by atoms with Gasteiger partial charge >= 0.3 is 5.97 Å². The Morgan fingerprint density at radius 2 is 1.92 bits per heavy atom. The zero-order valence-electron chi connectivity index (χ0n) is 7.28. The van der Waals surface area contributed by atoms with E-state index in [9.17, 15) is 14.7 Å². The monoisotopic (exact) mass is 174 g/mol. The molecule has 0 heterocycles. The minimum atomic E-state index is -1.14. The summed E-state index contributed by atoms with van der Waals surface area (Å²) < 4.78 is 0. The van der Waals surface area contributed by atoms with Crippen LogP contribution in [0.25, 0.3) is 0 Å². The molecule has 0 aromatic heterocycles. The summed E-state index contributed by atoms with van der Waals surface area (Å²) in [5.74, 6) is -2.14. The van der Waals surface area contributed by atoms with Crippen LogP contribution in [-0.4, -0.2) is 28.1 Å². The molecule has 2 N–H and O–H groups in total. The molecule has 0 bridgehead atoms. The maximum absolute atomic E-state index is 11.0. The number of hydrogen-bond donors (Lipinski definition) is 2. The lowest BCUT2D eigenvalue weighted by Gasteiger charge is -2.14. The number of carbonyl (C=O) groups is 2. The van der Waals surface area contributed by atoms with Crippen LogP contribution in [-0.2, 0) is 9.59 Å². The van der Waals surface area contributed by atoms with Gasteiger partial charge in [0.25, 0.3) is 0 Å². The van der Waals surface area contributed by atoms with Crippen molar-refractivity contribution in [3.63, 3.8) is 0 Å². The molecule has 0 saturated carbocycles. The van der Waals surface area contributed by atoms with Crippen molar-refractivity contribution in [3.8, 4) is 0 Å². The number of aliphatic hydroxyl groups excluding tert-OH is 1. The highest BCUT2D eigenvalue weighted by Gasteiger charge is 2.21. The van der Waals surface area contributed by atoms with Crippen LogP contribution in [0.5, 0.6) is 0 Å². The molecular weight excluding hydrogens is 160 g/mol. The Labute approximate surface area is 71.2 Å². The molecule has 4 nitrogen and oxygen atoms in total. The van der Waals surface area contributed by atoms with E-state index in [0.717, 1.165) is 0 Å². The quantitative estimate of drug-likeness (QED) is 0.593. The van der Waals surface area contributed by atoms with Gasteiger partial charge in [0.1, 0.15) is 12.2 Å². The first-order valence-corrected chi connectivity index (χ1v) is 3.91. The summed E-state index contributed by atoms with van der Waals surface area (Å²) in [5.41, 5.74) is 0. The Hall–Kier alpha value is -0.900. The lowest BCUT2D eigenvalue weighted by Crippen LogP contribution is -2.26. The molecule has 0 rings (SSSR count). The number of Topliss-reactive ketones (excluding diaryl/α,β-unsaturated/α-hetero) is 1. The Morgan fingerprint density at radius 3 is 2.25 bits per heavy atom. The Balaban J connectivity index is 4.01. The van der Waals surface area contributed by atoms with Crippen LogP contribution in [0.3, 0.4) is 0 Å². The lowest BCUT2D eigenvalue weighted by atomic mass is 9.96. The van der Waals surface area contributed by atoms with E-state index in [1.54, 1.807) is 13.8 Å². The van der Waals surface area contributed by atoms with Crippen molar-refractivity contribution in [2.45, 2.75) is 32.8 Å². The minimum absolute atomic E-state index is 0.420. The fourth-order valence-corrected chi connectivity index (χ4v) is 0.878. The molecule has 0 aromatic rings. The van der Waals surface area contributed by atoms with E-state index in [4.69, 9.17) is 5.11 Å². The second-order valence-electron chi connectivity index (χ2n) is 2.80. The van der Waals surface area contributed by atoms with Gasteiger partial charge in [0.2, 0.25) is 0 Å². The van der Waals surface area contributed by atoms with Crippen LogP contribution in [0.15, 0.2) is 0 Å². The molecule has 0 amide bonds. The topological polar surface area (TPSA) is 74.6 Å². The van der Waals surface area contributed by atoms with Gasteiger partial charge in [-0.25, -0.2) is 0 Å². The molecule has 0 aliphatic heterocycles. The average molecular weight is 174 g/mol. The standard InChI is InChI=1S/C8H14O4/c1-3-6(9)5(2)7(10)4-8(11)12/h5-6,9H,3-4H2,1-2H3,(H,11,12). The number of hydrogen-bond acceptors (Lipinski definition) is 3. The predicted molar refractivity (Wildman–Crippen MR) is 42.7 cm³/mol. The summed E-state index contributed by atoms with van der Waals surface area (Å²) in [6, 6.07) is 0. The highest BCUT2D eigenvalue weighted by Crippen LogP contribution is 2.09. The van der Waals surface area contributed by atoms with Gasteiger partial charge in [-0.3, -0.25) is 9.59 Å². The maximum atomic E-state index is 11.0. The van der Waals surface area contributed by atoms with Crippen LogP contribution >= 0.6 is 0 Å². The molecule has 0 aromatic carbocycles. The van der Waals surface area contributed by atoms with Gasteiger partial charge in [0.15, 0.2) is 0 Å². The van der Waals surface area contributed by atoms with Crippen molar-refractivity contribution in [1.82, 2.24) is 0 Å². The fourth-order valence-electron chi connectivity index (χ4n) is 0.878. The van der Waals surface area contributed by atoms with Crippen LogP contribution < -0.4 is 0 Å². The number of rotatable bonds is 5. The van der Waals surface area contributed by atoms with Crippen LogP contribution in [0.2, 0.25) is 0 Å². The molecule has 0 aliphatic rings. The van der Waals surface area contributed by atoms with Crippen LogP contribution in [0, 0.1) is 5.92 Å². The number of aliphatic carboxylic acids is 1. The van der Waals surface area contributed by atoms with Gasteiger partial charge in [-0.1, -0.05) is 13.8 Å². The molecule has 2 unspecified atom stereocenters. The molecule has 0 saturated heterocycles. The number of carbonyl (C=O) groups excluding carboxylic acids is 1. The summed E-state index contributed by atoms with van der Waals surface area (Å²) in [6.45, 7) is 3.29. The molecule has 0 aliphatic carbocycles. The molecule has 70 valence electrons. The van der Waals surface area contributed by atoms with Gasteiger partial charge in [0, 0.05) is 5.92 Å². The number of carboxylic acids is 1. The first kappa shape index (κ1) is 11.1.